The molecular weight excluding hydrogens is 404 g/mol. The van der Waals surface area contributed by atoms with Crippen molar-refractivity contribution in [2.45, 2.75) is 6.61 Å². The van der Waals surface area contributed by atoms with Crippen molar-refractivity contribution in [3.05, 3.63) is 76.2 Å². The molecule has 0 atom stereocenters. The number of nitrogens with zero attached hydrogens (tertiary/aromatic N) is 3. The van der Waals surface area contributed by atoms with E-state index >= 15 is 0 Å². The monoisotopic (exact) mass is 420 g/mol. The Morgan fingerprint density at radius 2 is 2.00 bits per heavy atom. The molecular formula is C21H16N4O4S. The number of methoxy groups -OCH3 is 1. The first-order valence-electron chi connectivity index (χ1n) is 8.70. The van der Waals surface area contributed by atoms with Gasteiger partial charge in [0.15, 0.2) is 5.17 Å². The van der Waals surface area contributed by atoms with Crippen molar-refractivity contribution in [3.8, 4) is 11.8 Å². The number of hydrogen-bond acceptors (Lipinski definition) is 8. The lowest BCUT2D eigenvalue weighted by Gasteiger charge is -2.07. The summed E-state index contributed by atoms with van der Waals surface area (Å²) in [6.45, 7) is 0.295. The fourth-order valence-electron chi connectivity index (χ4n) is 2.36. The minimum Gasteiger partial charge on any atom is -0.489 e. The first-order valence-corrected chi connectivity index (χ1v) is 9.51. The van der Waals surface area contributed by atoms with E-state index in [1.54, 1.807) is 30.3 Å². The zero-order valence-electron chi connectivity index (χ0n) is 15.9. The fourth-order valence-corrected chi connectivity index (χ4v) is 3.09. The standard InChI is InChI=1S/C21H16N4O4S/c1-28-19(26)10-18-20(27)24-21(30-18)25-23-12-14-6-8-17(9-7-14)29-13-16-5-3-2-4-15(16)11-22/h2-10,12H,13H2,1H3,(H,24,25,27)/b18-10+,23-12?. The number of nitriles is 1. The van der Waals surface area contributed by atoms with Gasteiger partial charge in [-0.15, -0.1) is 5.10 Å². The summed E-state index contributed by atoms with van der Waals surface area (Å²) in [6, 6.07) is 16.6. The first-order chi connectivity index (χ1) is 14.6. The van der Waals surface area contributed by atoms with Crippen LogP contribution in [-0.2, 0) is 20.9 Å². The third kappa shape index (κ3) is 5.56. The summed E-state index contributed by atoms with van der Waals surface area (Å²) in [5.41, 5.74) is 2.18. The molecule has 0 unspecified atom stereocenters. The van der Waals surface area contributed by atoms with Crippen molar-refractivity contribution >= 4 is 35.0 Å². The molecule has 0 aromatic heterocycles. The molecule has 150 valence electrons. The van der Waals surface area contributed by atoms with E-state index in [-0.39, 0.29) is 10.1 Å². The Labute approximate surface area is 176 Å². The minimum atomic E-state index is -0.615. The van der Waals surface area contributed by atoms with E-state index in [0.29, 0.717) is 17.9 Å². The quantitative estimate of drug-likeness (QED) is 0.333. The number of amides is 1. The van der Waals surface area contributed by atoms with Gasteiger partial charge in [-0.2, -0.15) is 10.4 Å². The van der Waals surface area contributed by atoms with Crippen LogP contribution in [0.1, 0.15) is 16.7 Å². The molecule has 2 aromatic rings. The van der Waals surface area contributed by atoms with Crippen molar-refractivity contribution in [3.63, 3.8) is 0 Å². The molecule has 1 heterocycles. The minimum absolute atomic E-state index is 0.190. The zero-order chi connectivity index (χ0) is 21.3. The summed E-state index contributed by atoms with van der Waals surface area (Å²) >= 11 is 1.00. The van der Waals surface area contributed by atoms with Crippen molar-refractivity contribution in [2.24, 2.45) is 10.2 Å². The maximum Gasteiger partial charge on any atom is 0.331 e. The highest BCUT2D eigenvalue weighted by Crippen LogP contribution is 2.23. The fraction of sp³-hybridized carbons (Fsp3) is 0.0952. The summed E-state index contributed by atoms with van der Waals surface area (Å²) in [6.07, 6.45) is 2.62. The number of thioether (sulfide) groups is 1. The Balaban J connectivity index is 1.57. The molecule has 1 fully saturated rings. The lowest BCUT2D eigenvalue weighted by atomic mass is 10.1. The number of rotatable bonds is 6. The Hall–Kier alpha value is -3.90. The molecule has 0 radical (unpaired) electrons. The van der Waals surface area contributed by atoms with Crippen molar-refractivity contribution in [2.75, 3.05) is 7.11 Å². The van der Waals surface area contributed by atoms with Crippen LogP contribution in [0.15, 0.2) is 69.7 Å². The number of amidine groups is 1. The van der Waals surface area contributed by atoms with Gasteiger partial charge in [-0.25, -0.2) is 4.79 Å². The van der Waals surface area contributed by atoms with Crippen LogP contribution in [0, 0.1) is 11.3 Å². The molecule has 0 spiro atoms. The molecule has 1 amide bonds. The van der Waals surface area contributed by atoms with Gasteiger partial charge in [0.25, 0.3) is 5.91 Å². The van der Waals surface area contributed by atoms with Gasteiger partial charge in [-0.05, 0) is 47.7 Å². The van der Waals surface area contributed by atoms with Gasteiger partial charge in [-0.3, -0.25) is 10.1 Å². The van der Waals surface area contributed by atoms with Crippen molar-refractivity contribution in [1.29, 1.82) is 5.26 Å². The summed E-state index contributed by atoms with van der Waals surface area (Å²) in [5.74, 6) is -0.392. The smallest absolute Gasteiger partial charge is 0.331 e. The number of esters is 1. The molecule has 1 aliphatic rings. The van der Waals surface area contributed by atoms with Crippen LogP contribution in [0.4, 0.5) is 0 Å². The van der Waals surface area contributed by atoms with E-state index in [1.165, 1.54) is 13.3 Å². The third-order valence-corrected chi connectivity index (χ3v) is 4.77. The van der Waals surface area contributed by atoms with Crippen LogP contribution in [0.3, 0.4) is 0 Å². The van der Waals surface area contributed by atoms with Crippen LogP contribution in [0.2, 0.25) is 0 Å². The molecule has 1 saturated heterocycles. The second-order valence-electron chi connectivity index (χ2n) is 5.86. The first kappa shape index (κ1) is 20.8. The van der Waals surface area contributed by atoms with Gasteiger partial charge in [0, 0.05) is 11.6 Å². The lowest BCUT2D eigenvalue weighted by molar-refractivity contribution is -0.135. The van der Waals surface area contributed by atoms with Crippen LogP contribution in [-0.4, -0.2) is 30.4 Å². The molecule has 3 rings (SSSR count). The Bertz CT molecular complexity index is 1080. The Morgan fingerprint density at radius 3 is 2.73 bits per heavy atom. The molecule has 8 nitrogen and oxygen atoms in total. The van der Waals surface area contributed by atoms with Gasteiger partial charge >= 0.3 is 5.97 Å². The maximum absolute atomic E-state index is 11.7. The normalized spacial score (nSPS) is 15.9. The highest BCUT2D eigenvalue weighted by molar-refractivity contribution is 8.18. The van der Waals surface area contributed by atoms with E-state index in [2.05, 4.69) is 26.3 Å². The molecule has 30 heavy (non-hydrogen) atoms. The number of ether oxygens (including phenoxy) is 2. The molecule has 1 N–H and O–H groups in total. The molecule has 0 aliphatic carbocycles. The van der Waals surface area contributed by atoms with Crippen molar-refractivity contribution < 1.29 is 19.1 Å². The number of carbonyl (C=O) groups excluding carboxylic acids is 2. The second-order valence-corrected chi connectivity index (χ2v) is 6.89. The van der Waals surface area contributed by atoms with Crippen LogP contribution in [0.25, 0.3) is 0 Å². The third-order valence-electron chi connectivity index (χ3n) is 3.87. The number of carbonyl (C=O) groups is 2. The predicted octanol–water partition coefficient (Wildman–Crippen LogP) is 2.75. The molecule has 9 heteroatoms. The Kier molecular flexibility index (Phi) is 6.97. The number of nitrogens with one attached hydrogen (secondary N) is 1. The SMILES string of the molecule is COC(=O)/C=C1/S/C(=N\N=Cc2ccc(OCc3ccccc3C#N)cc2)NC1=O. The highest BCUT2D eigenvalue weighted by atomic mass is 32.2. The van der Waals surface area contributed by atoms with E-state index in [4.69, 9.17) is 10.00 Å². The van der Waals surface area contributed by atoms with Crippen LogP contribution >= 0.6 is 11.8 Å². The van der Waals surface area contributed by atoms with Gasteiger partial charge in [-0.1, -0.05) is 18.2 Å². The Morgan fingerprint density at radius 1 is 1.23 bits per heavy atom. The maximum atomic E-state index is 11.7. The molecule has 0 saturated carbocycles. The molecule has 2 aromatic carbocycles. The van der Waals surface area contributed by atoms with E-state index in [0.717, 1.165) is 29.0 Å². The van der Waals surface area contributed by atoms with Gasteiger partial charge in [0.2, 0.25) is 0 Å². The van der Waals surface area contributed by atoms with Crippen LogP contribution < -0.4 is 10.1 Å². The average molecular weight is 420 g/mol. The largest absolute Gasteiger partial charge is 0.489 e. The second kappa shape index (κ2) is 10.0. The summed E-state index contributed by atoms with van der Waals surface area (Å²) in [5, 5.41) is 19.8. The van der Waals surface area contributed by atoms with Crippen molar-refractivity contribution in [1.82, 2.24) is 5.32 Å². The molecule has 1 aliphatic heterocycles. The number of hydrogen-bond donors (Lipinski definition) is 1. The predicted molar refractivity (Wildman–Crippen MR) is 113 cm³/mol. The highest BCUT2D eigenvalue weighted by Gasteiger charge is 2.24. The van der Waals surface area contributed by atoms with Gasteiger partial charge < -0.3 is 9.47 Å². The van der Waals surface area contributed by atoms with Gasteiger partial charge in [0.1, 0.15) is 12.4 Å². The summed E-state index contributed by atoms with van der Waals surface area (Å²) in [4.78, 5) is 23.1. The van der Waals surface area contributed by atoms with E-state index in [1.807, 2.05) is 18.2 Å². The summed E-state index contributed by atoms with van der Waals surface area (Å²) < 4.78 is 10.2. The number of benzene rings is 2. The lowest BCUT2D eigenvalue weighted by Crippen LogP contribution is -2.19. The molecule has 0 bridgehead atoms. The van der Waals surface area contributed by atoms with E-state index in [9.17, 15) is 9.59 Å². The topological polar surface area (TPSA) is 113 Å². The average Bonchev–Trinajstić information content (AvgIpc) is 3.12. The summed E-state index contributed by atoms with van der Waals surface area (Å²) in [7, 11) is 1.23. The van der Waals surface area contributed by atoms with Gasteiger partial charge in [0.05, 0.1) is 29.9 Å². The van der Waals surface area contributed by atoms with E-state index < -0.39 is 11.9 Å². The zero-order valence-corrected chi connectivity index (χ0v) is 16.7. The van der Waals surface area contributed by atoms with Crippen LogP contribution in [0.5, 0.6) is 5.75 Å².